The van der Waals surface area contributed by atoms with Gasteiger partial charge < -0.3 is 5.32 Å². The van der Waals surface area contributed by atoms with Crippen molar-refractivity contribution in [2.75, 3.05) is 13.1 Å². The van der Waals surface area contributed by atoms with Gasteiger partial charge in [-0.25, -0.2) is 8.78 Å². The number of nitrogens with zero attached hydrogens (tertiary/aromatic N) is 1. The van der Waals surface area contributed by atoms with Crippen molar-refractivity contribution >= 4 is 0 Å². The summed E-state index contributed by atoms with van der Waals surface area (Å²) in [6.07, 6.45) is 1.14. The van der Waals surface area contributed by atoms with Gasteiger partial charge in [0.1, 0.15) is 0 Å². The zero-order chi connectivity index (χ0) is 15.6. The first-order chi connectivity index (χ1) is 9.83. The minimum atomic E-state index is -0.782. The molecule has 0 spiro atoms. The number of hydrogen-bond acceptors (Lipinski definition) is 2. The van der Waals surface area contributed by atoms with Gasteiger partial charge in [-0.05, 0) is 37.5 Å². The molecule has 1 N–H and O–H groups in total. The van der Waals surface area contributed by atoms with Crippen LogP contribution in [0, 0.1) is 17.6 Å². The highest BCUT2D eigenvalue weighted by molar-refractivity contribution is 5.18. The molecule has 0 bridgehead atoms. The zero-order valence-electron chi connectivity index (χ0n) is 13.4. The van der Waals surface area contributed by atoms with Crippen LogP contribution in [-0.4, -0.2) is 29.6 Å². The van der Waals surface area contributed by atoms with Crippen LogP contribution in [0.15, 0.2) is 18.2 Å². The van der Waals surface area contributed by atoms with E-state index in [-0.39, 0.29) is 5.54 Å². The van der Waals surface area contributed by atoms with Crippen LogP contribution in [0.5, 0.6) is 0 Å². The molecular formula is C17H26F2N2. The molecule has 1 aliphatic rings. The molecule has 1 heterocycles. The number of piperazine rings is 1. The van der Waals surface area contributed by atoms with Crippen LogP contribution < -0.4 is 5.32 Å². The minimum absolute atomic E-state index is 0.00875. The summed E-state index contributed by atoms with van der Waals surface area (Å²) in [7, 11) is 0. The summed E-state index contributed by atoms with van der Waals surface area (Å²) in [6.45, 7) is 11.3. The fourth-order valence-electron chi connectivity index (χ4n) is 2.84. The van der Waals surface area contributed by atoms with Crippen molar-refractivity contribution in [1.82, 2.24) is 10.2 Å². The summed E-state index contributed by atoms with van der Waals surface area (Å²) in [6, 6.07) is 4.65. The van der Waals surface area contributed by atoms with Gasteiger partial charge in [0.25, 0.3) is 0 Å². The van der Waals surface area contributed by atoms with E-state index in [0.717, 1.165) is 25.1 Å². The fourth-order valence-corrected chi connectivity index (χ4v) is 2.84. The third-order valence-electron chi connectivity index (χ3n) is 4.76. The van der Waals surface area contributed by atoms with E-state index in [1.807, 2.05) is 0 Å². The maximum absolute atomic E-state index is 13.4. The van der Waals surface area contributed by atoms with Gasteiger partial charge in [0, 0.05) is 31.2 Å². The molecule has 2 unspecified atom stereocenters. The van der Waals surface area contributed by atoms with Crippen molar-refractivity contribution in [2.45, 2.75) is 52.2 Å². The Kier molecular flexibility index (Phi) is 4.99. The fraction of sp³-hybridized carbons (Fsp3) is 0.647. The second kappa shape index (κ2) is 6.41. The van der Waals surface area contributed by atoms with Gasteiger partial charge in [-0.3, -0.25) is 4.90 Å². The molecule has 1 aromatic rings. The maximum atomic E-state index is 13.4. The Morgan fingerprint density at radius 3 is 2.67 bits per heavy atom. The van der Waals surface area contributed by atoms with E-state index < -0.39 is 11.6 Å². The number of benzene rings is 1. The van der Waals surface area contributed by atoms with E-state index in [2.05, 4.69) is 37.9 Å². The van der Waals surface area contributed by atoms with Crippen molar-refractivity contribution < 1.29 is 8.78 Å². The van der Waals surface area contributed by atoms with Crippen LogP contribution in [0.4, 0.5) is 8.78 Å². The van der Waals surface area contributed by atoms with Gasteiger partial charge in [-0.1, -0.05) is 26.3 Å². The highest BCUT2D eigenvalue weighted by Crippen LogP contribution is 2.25. The lowest BCUT2D eigenvalue weighted by Gasteiger charge is -2.47. The van der Waals surface area contributed by atoms with Gasteiger partial charge in [-0.15, -0.1) is 0 Å². The zero-order valence-corrected chi connectivity index (χ0v) is 13.4. The van der Waals surface area contributed by atoms with E-state index in [4.69, 9.17) is 0 Å². The smallest absolute Gasteiger partial charge is 0.159 e. The molecule has 2 rings (SSSR count). The molecule has 0 aromatic heterocycles. The molecule has 0 amide bonds. The summed E-state index contributed by atoms with van der Waals surface area (Å²) in [5.41, 5.74) is 0.834. The van der Waals surface area contributed by atoms with Crippen molar-refractivity contribution in [3.05, 3.63) is 35.4 Å². The molecule has 1 fully saturated rings. The SMILES string of the molecule is CCC(C)C1CN(Cc2ccc(F)c(F)c2)C(C)(C)CN1. The summed E-state index contributed by atoms with van der Waals surface area (Å²) >= 11 is 0. The molecule has 2 nitrogen and oxygen atoms in total. The van der Waals surface area contributed by atoms with Crippen molar-refractivity contribution in [3.8, 4) is 0 Å². The predicted molar refractivity (Wildman–Crippen MR) is 82.1 cm³/mol. The molecule has 0 saturated carbocycles. The summed E-state index contributed by atoms with van der Waals surface area (Å²) in [4.78, 5) is 2.37. The van der Waals surface area contributed by atoms with Gasteiger partial charge in [-0.2, -0.15) is 0 Å². The first-order valence-electron chi connectivity index (χ1n) is 7.76. The minimum Gasteiger partial charge on any atom is -0.311 e. The van der Waals surface area contributed by atoms with Gasteiger partial charge >= 0.3 is 0 Å². The largest absolute Gasteiger partial charge is 0.311 e. The Morgan fingerprint density at radius 2 is 2.05 bits per heavy atom. The summed E-state index contributed by atoms with van der Waals surface area (Å²) in [5.74, 6) is -0.941. The predicted octanol–water partition coefficient (Wildman–Crippen LogP) is 3.56. The van der Waals surface area contributed by atoms with E-state index in [0.29, 0.717) is 18.5 Å². The van der Waals surface area contributed by atoms with Crippen LogP contribution in [-0.2, 0) is 6.54 Å². The number of hydrogen-bond donors (Lipinski definition) is 1. The van der Waals surface area contributed by atoms with E-state index >= 15 is 0 Å². The Hall–Kier alpha value is -1.00. The maximum Gasteiger partial charge on any atom is 0.159 e. The van der Waals surface area contributed by atoms with Crippen molar-refractivity contribution in [1.29, 1.82) is 0 Å². The van der Waals surface area contributed by atoms with Gasteiger partial charge in [0.05, 0.1) is 0 Å². The normalized spacial score (nSPS) is 24.0. The van der Waals surface area contributed by atoms with Crippen LogP contribution in [0.2, 0.25) is 0 Å². The molecular weight excluding hydrogens is 270 g/mol. The second-order valence-electron chi connectivity index (χ2n) is 6.81. The Bertz CT molecular complexity index is 488. The average molecular weight is 296 g/mol. The summed E-state index contributed by atoms with van der Waals surface area (Å²) in [5, 5.41) is 3.62. The number of nitrogens with one attached hydrogen (secondary N) is 1. The number of halogens is 2. The Morgan fingerprint density at radius 1 is 1.33 bits per heavy atom. The molecule has 1 aromatic carbocycles. The second-order valence-corrected chi connectivity index (χ2v) is 6.81. The third-order valence-corrected chi connectivity index (χ3v) is 4.76. The lowest BCUT2D eigenvalue weighted by Crippen LogP contribution is -2.62. The van der Waals surface area contributed by atoms with Crippen LogP contribution in [0.1, 0.15) is 39.7 Å². The van der Waals surface area contributed by atoms with Gasteiger partial charge in [0.2, 0.25) is 0 Å². The Balaban J connectivity index is 2.12. The van der Waals surface area contributed by atoms with E-state index in [9.17, 15) is 8.78 Å². The molecule has 0 aliphatic carbocycles. The quantitative estimate of drug-likeness (QED) is 0.914. The molecule has 21 heavy (non-hydrogen) atoms. The highest BCUT2D eigenvalue weighted by Gasteiger charge is 2.35. The van der Waals surface area contributed by atoms with Gasteiger partial charge in [0.15, 0.2) is 11.6 Å². The van der Waals surface area contributed by atoms with Crippen LogP contribution in [0.3, 0.4) is 0 Å². The average Bonchev–Trinajstić information content (AvgIpc) is 2.44. The topological polar surface area (TPSA) is 15.3 Å². The highest BCUT2D eigenvalue weighted by atomic mass is 19.2. The van der Waals surface area contributed by atoms with Crippen molar-refractivity contribution in [2.24, 2.45) is 5.92 Å². The summed E-state index contributed by atoms with van der Waals surface area (Å²) < 4.78 is 26.4. The first-order valence-corrected chi connectivity index (χ1v) is 7.76. The number of rotatable bonds is 4. The lowest BCUT2D eigenvalue weighted by atomic mass is 9.90. The molecule has 118 valence electrons. The van der Waals surface area contributed by atoms with Crippen LogP contribution >= 0.6 is 0 Å². The molecule has 1 saturated heterocycles. The standard InChI is InChI=1S/C17H26F2N2/c1-5-12(2)16-10-21(17(3,4)11-20-16)9-13-6-7-14(18)15(19)8-13/h6-8,12,16,20H,5,9-11H2,1-4H3. The first kappa shape index (κ1) is 16.4. The lowest BCUT2D eigenvalue weighted by molar-refractivity contribution is 0.0448. The molecule has 1 aliphatic heterocycles. The third kappa shape index (κ3) is 3.80. The molecule has 0 radical (unpaired) electrons. The van der Waals surface area contributed by atoms with Crippen LogP contribution in [0.25, 0.3) is 0 Å². The monoisotopic (exact) mass is 296 g/mol. The van der Waals surface area contributed by atoms with E-state index in [1.54, 1.807) is 6.07 Å². The van der Waals surface area contributed by atoms with E-state index in [1.165, 1.54) is 12.1 Å². The van der Waals surface area contributed by atoms with Crippen molar-refractivity contribution in [3.63, 3.8) is 0 Å². The molecule has 4 heteroatoms. The Labute approximate surface area is 126 Å². The molecule has 2 atom stereocenters.